The van der Waals surface area contributed by atoms with E-state index in [-0.39, 0.29) is 0 Å². The zero-order chi connectivity index (χ0) is 15.1. The highest BCUT2D eigenvalue weighted by molar-refractivity contribution is 6.30. The molecule has 0 unspecified atom stereocenters. The molecule has 5 nitrogen and oxygen atoms in total. The molecule has 2 rings (SSSR count). The van der Waals surface area contributed by atoms with Gasteiger partial charge in [-0.15, -0.1) is 28.3 Å². The summed E-state index contributed by atoms with van der Waals surface area (Å²) in [5.74, 6) is 1.68. The number of halogens is 3. The van der Waals surface area contributed by atoms with Crippen molar-refractivity contribution in [1.29, 1.82) is 0 Å². The van der Waals surface area contributed by atoms with Crippen molar-refractivity contribution in [3.8, 4) is 5.69 Å². The molecule has 0 fully saturated rings. The standard InChI is InChI=1S/C13H14Cl3N5/c14-6-9-20(10-7-15)8-5-13-17-18-19-21(13)12-3-1-11(16)2-4-12/h1-5,8H,6-7,9-10H2/b8-5-. The molecule has 1 aromatic heterocycles. The smallest absolute Gasteiger partial charge is 0.181 e. The van der Waals surface area contributed by atoms with Crippen molar-refractivity contribution in [2.24, 2.45) is 0 Å². The lowest BCUT2D eigenvalue weighted by molar-refractivity contribution is 0.426. The summed E-state index contributed by atoms with van der Waals surface area (Å²) in [6.07, 6.45) is 3.72. The molecule has 0 spiro atoms. The van der Waals surface area contributed by atoms with Crippen molar-refractivity contribution in [2.75, 3.05) is 24.8 Å². The first kappa shape index (κ1) is 16.1. The van der Waals surface area contributed by atoms with Gasteiger partial charge in [0.25, 0.3) is 0 Å². The van der Waals surface area contributed by atoms with Crippen LogP contribution >= 0.6 is 34.8 Å². The van der Waals surface area contributed by atoms with E-state index in [2.05, 4.69) is 15.5 Å². The first-order valence-corrected chi connectivity index (χ1v) is 7.78. The molecule has 0 bridgehead atoms. The minimum atomic E-state index is 0.531. The van der Waals surface area contributed by atoms with Gasteiger partial charge in [0.15, 0.2) is 5.82 Å². The molecular formula is C13H14Cl3N5. The summed E-state index contributed by atoms with van der Waals surface area (Å²) < 4.78 is 1.63. The Morgan fingerprint density at radius 2 is 1.76 bits per heavy atom. The summed E-state index contributed by atoms with van der Waals surface area (Å²) in [5, 5.41) is 12.3. The molecule has 1 aromatic carbocycles. The Morgan fingerprint density at radius 1 is 1.10 bits per heavy atom. The van der Waals surface area contributed by atoms with Crippen LogP contribution in [0.2, 0.25) is 5.02 Å². The average molecular weight is 347 g/mol. The van der Waals surface area contributed by atoms with E-state index in [0.717, 1.165) is 5.69 Å². The van der Waals surface area contributed by atoms with Crippen LogP contribution in [-0.4, -0.2) is 50.0 Å². The van der Waals surface area contributed by atoms with Crippen LogP contribution in [0.5, 0.6) is 0 Å². The first-order chi connectivity index (χ1) is 10.2. The fourth-order valence-corrected chi connectivity index (χ4v) is 2.27. The molecule has 0 amide bonds. The van der Waals surface area contributed by atoms with E-state index >= 15 is 0 Å². The molecule has 1 heterocycles. The summed E-state index contributed by atoms with van der Waals surface area (Å²) >= 11 is 17.4. The summed E-state index contributed by atoms with van der Waals surface area (Å²) in [4.78, 5) is 2.01. The van der Waals surface area contributed by atoms with Gasteiger partial charge in [-0.25, -0.2) is 0 Å². The molecule has 0 saturated heterocycles. The van der Waals surface area contributed by atoms with Crippen LogP contribution in [0.15, 0.2) is 30.5 Å². The Bertz CT molecular complexity index is 576. The molecule has 0 N–H and O–H groups in total. The molecule has 112 valence electrons. The summed E-state index contributed by atoms with van der Waals surface area (Å²) in [6, 6.07) is 7.29. The molecule has 2 aromatic rings. The van der Waals surface area contributed by atoms with Crippen LogP contribution in [-0.2, 0) is 0 Å². The van der Waals surface area contributed by atoms with Gasteiger partial charge in [-0.1, -0.05) is 11.6 Å². The molecule has 0 atom stereocenters. The van der Waals surface area contributed by atoms with Crippen LogP contribution in [0, 0.1) is 0 Å². The van der Waals surface area contributed by atoms with Crippen LogP contribution < -0.4 is 0 Å². The van der Waals surface area contributed by atoms with E-state index in [1.54, 1.807) is 16.8 Å². The summed E-state index contributed by atoms with van der Waals surface area (Å²) in [6.45, 7) is 1.43. The van der Waals surface area contributed by atoms with Gasteiger partial charge in [-0.3, -0.25) is 0 Å². The minimum Gasteiger partial charge on any atom is -0.375 e. The van der Waals surface area contributed by atoms with Crippen molar-refractivity contribution < 1.29 is 0 Å². The Hall–Kier alpha value is -1.30. The Morgan fingerprint density at radius 3 is 2.38 bits per heavy atom. The van der Waals surface area contributed by atoms with E-state index in [4.69, 9.17) is 34.8 Å². The van der Waals surface area contributed by atoms with Crippen LogP contribution in [0.25, 0.3) is 11.8 Å². The molecule has 0 saturated carbocycles. The molecule has 21 heavy (non-hydrogen) atoms. The Labute approximate surface area is 138 Å². The highest BCUT2D eigenvalue weighted by Crippen LogP contribution is 2.14. The third-order valence-corrected chi connectivity index (χ3v) is 3.33. The Kier molecular flexibility index (Phi) is 6.29. The lowest BCUT2D eigenvalue weighted by atomic mass is 10.3. The highest BCUT2D eigenvalue weighted by Gasteiger charge is 2.06. The van der Waals surface area contributed by atoms with Crippen molar-refractivity contribution in [3.63, 3.8) is 0 Å². The lowest BCUT2D eigenvalue weighted by Gasteiger charge is -2.16. The van der Waals surface area contributed by atoms with Crippen LogP contribution in [0.3, 0.4) is 0 Å². The Balaban J connectivity index is 2.18. The van der Waals surface area contributed by atoms with Crippen molar-refractivity contribution in [2.45, 2.75) is 0 Å². The van der Waals surface area contributed by atoms with Gasteiger partial charge in [-0.2, -0.15) is 4.68 Å². The minimum absolute atomic E-state index is 0.531. The van der Waals surface area contributed by atoms with E-state index in [1.807, 2.05) is 29.3 Å². The third-order valence-electron chi connectivity index (χ3n) is 2.74. The second kappa shape index (κ2) is 8.22. The predicted molar refractivity (Wildman–Crippen MR) is 86.2 cm³/mol. The highest BCUT2D eigenvalue weighted by atomic mass is 35.5. The van der Waals surface area contributed by atoms with E-state index in [0.29, 0.717) is 35.7 Å². The van der Waals surface area contributed by atoms with Gasteiger partial charge in [0.2, 0.25) is 0 Å². The van der Waals surface area contributed by atoms with Gasteiger partial charge < -0.3 is 4.90 Å². The zero-order valence-electron chi connectivity index (χ0n) is 11.2. The van der Waals surface area contributed by atoms with Gasteiger partial charge >= 0.3 is 0 Å². The summed E-state index contributed by atoms with van der Waals surface area (Å²) in [7, 11) is 0. The number of aromatic nitrogens is 4. The summed E-state index contributed by atoms with van der Waals surface area (Å²) in [5.41, 5.74) is 0.838. The molecule has 0 aliphatic heterocycles. The molecular weight excluding hydrogens is 333 g/mol. The van der Waals surface area contributed by atoms with E-state index in [1.165, 1.54) is 0 Å². The number of benzene rings is 1. The van der Waals surface area contributed by atoms with Crippen LogP contribution in [0.1, 0.15) is 5.82 Å². The SMILES string of the molecule is ClCCN(/C=C\c1nnnn1-c1ccc(Cl)cc1)CCCl. The van der Waals surface area contributed by atoms with E-state index in [9.17, 15) is 0 Å². The van der Waals surface area contributed by atoms with Crippen molar-refractivity contribution >= 4 is 40.9 Å². The monoisotopic (exact) mass is 345 g/mol. The fraction of sp³-hybridized carbons (Fsp3) is 0.308. The number of hydrogen-bond acceptors (Lipinski definition) is 4. The molecule has 8 heteroatoms. The first-order valence-electron chi connectivity index (χ1n) is 6.33. The van der Waals surface area contributed by atoms with E-state index < -0.39 is 0 Å². The molecule has 0 aliphatic rings. The van der Waals surface area contributed by atoms with Crippen molar-refractivity contribution in [3.05, 3.63) is 41.3 Å². The number of nitrogens with zero attached hydrogens (tertiary/aromatic N) is 5. The lowest BCUT2D eigenvalue weighted by Crippen LogP contribution is -2.21. The quantitative estimate of drug-likeness (QED) is 0.723. The van der Waals surface area contributed by atoms with Gasteiger partial charge in [-0.05, 0) is 34.7 Å². The molecule has 0 aliphatic carbocycles. The van der Waals surface area contributed by atoms with Gasteiger partial charge in [0.1, 0.15) is 0 Å². The maximum absolute atomic E-state index is 5.88. The van der Waals surface area contributed by atoms with Crippen molar-refractivity contribution in [1.82, 2.24) is 25.1 Å². The number of alkyl halides is 2. The third kappa shape index (κ3) is 4.59. The van der Waals surface area contributed by atoms with Gasteiger partial charge in [0.05, 0.1) is 5.69 Å². The fourth-order valence-electron chi connectivity index (χ4n) is 1.71. The zero-order valence-corrected chi connectivity index (χ0v) is 13.4. The topological polar surface area (TPSA) is 46.8 Å². The second-order valence-electron chi connectivity index (χ2n) is 4.15. The number of hydrogen-bond donors (Lipinski definition) is 0. The predicted octanol–water partition coefficient (Wildman–Crippen LogP) is 3.07. The number of tetrazole rings is 1. The number of rotatable bonds is 7. The normalized spacial score (nSPS) is 11.2. The average Bonchev–Trinajstić information content (AvgIpc) is 2.94. The maximum Gasteiger partial charge on any atom is 0.181 e. The maximum atomic E-state index is 5.88. The molecule has 0 radical (unpaired) electrons. The van der Waals surface area contributed by atoms with Crippen LogP contribution in [0.4, 0.5) is 0 Å². The largest absolute Gasteiger partial charge is 0.375 e. The van der Waals surface area contributed by atoms with Gasteiger partial charge in [0, 0.05) is 42.1 Å². The second-order valence-corrected chi connectivity index (χ2v) is 5.35.